The molecule has 1 heterocycles. The Bertz CT molecular complexity index is 673. The van der Waals surface area contributed by atoms with E-state index in [1.54, 1.807) is 0 Å². The number of ether oxygens (including phenoxy) is 2. The quantitative estimate of drug-likeness (QED) is 0.880. The molecule has 7 heteroatoms. The molecule has 2 aromatic rings. The molecule has 1 aromatic heterocycles. The number of rotatable bonds is 5. The Morgan fingerprint density at radius 2 is 2.00 bits per heavy atom. The number of aromatic carboxylic acids is 1. The van der Waals surface area contributed by atoms with Crippen LogP contribution in [0.25, 0.3) is 0 Å². The summed E-state index contributed by atoms with van der Waals surface area (Å²) in [5.41, 5.74) is 0.890. The van der Waals surface area contributed by atoms with Crippen molar-refractivity contribution >= 4 is 17.7 Å². The van der Waals surface area contributed by atoms with Crippen LogP contribution in [0.2, 0.25) is 0 Å². The monoisotopic (exact) mass is 302 g/mol. The number of hydrogen-bond donors (Lipinski definition) is 2. The Kier molecular flexibility index (Phi) is 4.92. The lowest BCUT2D eigenvalue weighted by molar-refractivity contribution is 0.0696. The summed E-state index contributed by atoms with van der Waals surface area (Å²) in [5.74, 6) is -1.06. The van der Waals surface area contributed by atoms with Crippen LogP contribution < -0.4 is 10.1 Å². The first-order chi connectivity index (χ1) is 10.6. The van der Waals surface area contributed by atoms with Gasteiger partial charge in [-0.15, -0.1) is 0 Å². The van der Waals surface area contributed by atoms with Crippen LogP contribution in [0.4, 0.5) is 10.5 Å². The molecule has 0 spiro atoms. The number of benzene rings is 1. The van der Waals surface area contributed by atoms with Gasteiger partial charge in [0, 0.05) is 6.20 Å². The number of methoxy groups -OCH3 is 1. The maximum Gasteiger partial charge on any atom is 0.412 e. The molecule has 0 atom stereocenters. The first-order valence-electron chi connectivity index (χ1n) is 6.35. The largest absolute Gasteiger partial charge is 0.480 e. The number of hydrogen-bond acceptors (Lipinski definition) is 5. The minimum Gasteiger partial charge on any atom is -0.480 e. The van der Waals surface area contributed by atoms with Gasteiger partial charge in [-0.3, -0.25) is 5.32 Å². The van der Waals surface area contributed by atoms with E-state index < -0.39 is 12.1 Å². The van der Waals surface area contributed by atoms with E-state index in [2.05, 4.69) is 10.3 Å². The normalized spacial score (nSPS) is 9.86. The fourth-order valence-corrected chi connectivity index (χ4v) is 1.69. The molecule has 0 aliphatic heterocycles. The fraction of sp³-hybridized carbons (Fsp3) is 0.133. The first-order valence-corrected chi connectivity index (χ1v) is 6.35. The summed E-state index contributed by atoms with van der Waals surface area (Å²) in [6.07, 6.45) is 0.410. The second-order valence-electron chi connectivity index (χ2n) is 4.27. The Labute approximate surface area is 126 Å². The summed E-state index contributed by atoms with van der Waals surface area (Å²) in [4.78, 5) is 26.5. The number of anilines is 1. The van der Waals surface area contributed by atoms with Crippen molar-refractivity contribution in [1.82, 2.24) is 4.98 Å². The van der Waals surface area contributed by atoms with Gasteiger partial charge >= 0.3 is 12.1 Å². The van der Waals surface area contributed by atoms with Crippen molar-refractivity contribution in [3.8, 4) is 5.88 Å². The van der Waals surface area contributed by atoms with E-state index in [1.807, 2.05) is 30.3 Å². The highest BCUT2D eigenvalue weighted by molar-refractivity contribution is 5.92. The van der Waals surface area contributed by atoms with Gasteiger partial charge < -0.3 is 14.6 Å². The average Bonchev–Trinajstić information content (AvgIpc) is 2.53. The molecule has 7 nitrogen and oxygen atoms in total. The van der Waals surface area contributed by atoms with Crippen LogP contribution in [0, 0.1) is 0 Å². The van der Waals surface area contributed by atoms with Gasteiger partial charge in [0.15, 0.2) is 0 Å². The molecular weight excluding hydrogens is 288 g/mol. The Morgan fingerprint density at radius 1 is 1.27 bits per heavy atom. The number of carbonyl (C=O) groups is 2. The molecule has 22 heavy (non-hydrogen) atoms. The predicted octanol–water partition coefficient (Wildman–Crippen LogP) is 2.54. The number of pyridine rings is 1. The number of nitrogens with zero attached hydrogens (tertiary/aromatic N) is 1. The van der Waals surface area contributed by atoms with Crippen molar-refractivity contribution in [2.24, 2.45) is 0 Å². The van der Waals surface area contributed by atoms with Crippen LogP contribution in [0.15, 0.2) is 42.6 Å². The van der Waals surface area contributed by atoms with Gasteiger partial charge in [-0.2, -0.15) is 0 Å². The molecule has 0 aliphatic rings. The standard InChI is InChI=1S/C15H14N2O5/c1-21-13-12(7-11(8-16-13)14(18)19)17-15(20)22-9-10-5-3-2-4-6-10/h2-8H,9H2,1H3,(H,17,20)(H,18,19). The lowest BCUT2D eigenvalue weighted by atomic mass is 10.2. The van der Waals surface area contributed by atoms with Crippen LogP contribution in [0.1, 0.15) is 15.9 Å². The Morgan fingerprint density at radius 3 is 2.64 bits per heavy atom. The van der Waals surface area contributed by atoms with Crippen LogP contribution in [-0.2, 0) is 11.3 Å². The third kappa shape index (κ3) is 3.95. The number of nitrogens with one attached hydrogen (secondary N) is 1. The zero-order chi connectivity index (χ0) is 15.9. The van der Waals surface area contributed by atoms with Gasteiger partial charge in [0.1, 0.15) is 12.3 Å². The van der Waals surface area contributed by atoms with Crippen molar-refractivity contribution < 1.29 is 24.2 Å². The van der Waals surface area contributed by atoms with Crippen molar-refractivity contribution in [3.63, 3.8) is 0 Å². The van der Waals surface area contributed by atoms with Gasteiger partial charge in [0.05, 0.1) is 12.7 Å². The molecule has 0 unspecified atom stereocenters. The maximum absolute atomic E-state index is 11.8. The molecule has 114 valence electrons. The van der Waals surface area contributed by atoms with Gasteiger partial charge in [-0.25, -0.2) is 14.6 Å². The molecule has 1 aromatic carbocycles. The topological polar surface area (TPSA) is 97.8 Å². The van der Waals surface area contributed by atoms with Crippen molar-refractivity contribution in [2.45, 2.75) is 6.61 Å². The first kappa shape index (κ1) is 15.3. The third-order valence-corrected chi connectivity index (χ3v) is 2.74. The number of carboxylic acids is 1. The van der Waals surface area contributed by atoms with Crippen molar-refractivity contribution in [1.29, 1.82) is 0 Å². The highest BCUT2D eigenvalue weighted by Crippen LogP contribution is 2.22. The van der Waals surface area contributed by atoms with E-state index in [9.17, 15) is 9.59 Å². The van der Waals surface area contributed by atoms with Gasteiger partial charge in [-0.1, -0.05) is 30.3 Å². The van der Waals surface area contributed by atoms with E-state index >= 15 is 0 Å². The molecule has 1 amide bonds. The lowest BCUT2D eigenvalue weighted by Gasteiger charge is -2.10. The van der Waals surface area contributed by atoms with Crippen LogP contribution in [0.3, 0.4) is 0 Å². The third-order valence-electron chi connectivity index (χ3n) is 2.74. The second kappa shape index (κ2) is 7.07. The fourth-order valence-electron chi connectivity index (χ4n) is 1.69. The van der Waals surface area contributed by atoms with Gasteiger partial charge in [0.25, 0.3) is 0 Å². The van der Waals surface area contributed by atoms with E-state index in [1.165, 1.54) is 13.2 Å². The van der Waals surface area contributed by atoms with E-state index in [0.29, 0.717) is 0 Å². The lowest BCUT2D eigenvalue weighted by Crippen LogP contribution is -2.15. The number of amides is 1. The average molecular weight is 302 g/mol. The minimum absolute atomic E-state index is 0.0702. The molecule has 0 aliphatic carbocycles. The van der Waals surface area contributed by atoms with Crippen molar-refractivity contribution in [2.75, 3.05) is 12.4 Å². The van der Waals surface area contributed by atoms with E-state index in [4.69, 9.17) is 14.6 Å². The molecule has 0 saturated carbocycles. The van der Waals surface area contributed by atoms with Gasteiger partial charge in [0.2, 0.25) is 5.88 Å². The zero-order valence-electron chi connectivity index (χ0n) is 11.8. The van der Waals surface area contributed by atoms with Crippen LogP contribution in [0.5, 0.6) is 5.88 Å². The Hall–Kier alpha value is -3.09. The molecule has 0 saturated heterocycles. The summed E-state index contributed by atoms with van der Waals surface area (Å²) in [5, 5.41) is 11.3. The SMILES string of the molecule is COc1ncc(C(=O)O)cc1NC(=O)OCc1ccccc1. The second-order valence-corrected chi connectivity index (χ2v) is 4.27. The number of carboxylic acid groups (broad SMARTS) is 1. The summed E-state index contributed by atoms with van der Waals surface area (Å²) >= 11 is 0. The molecule has 0 fully saturated rings. The summed E-state index contributed by atoms with van der Waals surface area (Å²) in [6.45, 7) is 0.0983. The minimum atomic E-state index is -1.16. The van der Waals surface area contributed by atoms with Crippen LogP contribution in [-0.4, -0.2) is 29.3 Å². The predicted molar refractivity (Wildman–Crippen MR) is 78.0 cm³/mol. The van der Waals surface area contributed by atoms with Crippen molar-refractivity contribution in [3.05, 3.63) is 53.7 Å². The van der Waals surface area contributed by atoms with E-state index in [-0.39, 0.29) is 23.7 Å². The maximum atomic E-state index is 11.8. The van der Waals surface area contributed by atoms with Gasteiger partial charge in [-0.05, 0) is 11.6 Å². The van der Waals surface area contributed by atoms with Crippen LogP contribution >= 0.6 is 0 Å². The molecule has 2 rings (SSSR count). The number of carbonyl (C=O) groups excluding carboxylic acids is 1. The molecule has 0 bridgehead atoms. The summed E-state index contributed by atoms with van der Waals surface area (Å²) < 4.78 is 10.0. The van der Waals surface area contributed by atoms with E-state index in [0.717, 1.165) is 11.8 Å². The number of aromatic nitrogens is 1. The summed E-state index contributed by atoms with van der Waals surface area (Å²) in [6, 6.07) is 10.4. The highest BCUT2D eigenvalue weighted by atomic mass is 16.5. The summed E-state index contributed by atoms with van der Waals surface area (Å²) in [7, 11) is 1.36. The Balaban J connectivity index is 2.04. The zero-order valence-corrected chi connectivity index (χ0v) is 11.8. The highest BCUT2D eigenvalue weighted by Gasteiger charge is 2.13. The smallest absolute Gasteiger partial charge is 0.412 e. The molecule has 0 radical (unpaired) electrons. The molecular formula is C15H14N2O5. The molecule has 2 N–H and O–H groups in total.